The molecule has 1 aromatic carbocycles. The molecule has 0 unspecified atom stereocenters. The number of ether oxygens (including phenoxy) is 1. The second-order valence-corrected chi connectivity index (χ2v) is 7.44. The fourth-order valence-corrected chi connectivity index (χ4v) is 3.44. The summed E-state index contributed by atoms with van der Waals surface area (Å²) < 4.78 is 60.9. The van der Waals surface area contributed by atoms with Gasteiger partial charge in [-0.05, 0) is 24.3 Å². The molecule has 0 saturated carbocycles. The average Bonchev–Trinajstić information content (AvgIpc) is 2.77. The minimum atomic E-state index is -4.68. The molecule has 0 aliphatic carbocycles. The number of aromatic hydroxyl groups is 1. The predicted octanol–water partition coefficient (Wildman–Crippen LogP) is 4.29. The van der Waals surface area contributed by atoms with Crippen molar-refractivity contribution in [1.29, 1.82) is 0 Å². The highest BCUT2D eigenvalue weighted by atomic mass is 35.5. The molecule has 1 N–H and O–H groups in total. The first kappa shape index (κ1) is 22.5. The Bertz CT molecular complexity index is 1390. The summed E-state index contributed by atoms with van der Waals surface area (Å²) in [6, 6.07) is 10.5. The fraction of sp³-hybridized carbons (Fsp3) is 0.136. The van der Waals surface area contributed by atoms with Gasteiger partial charge in [0.1, 0.15) is 23.3 Å². The molecule has 6 nitrogen and oxygen atoms in total. The monoisotopic (exact) mass is 480 g/mol. The van der Waals surface area contributed by atoms with Crippen molar-refractivity contribution in [3.8, 4) is 22.8 Å². The summed E-state index contributed by atoms with van der Waals surface area (Å²) in [5.41, 5.74) is -0.938. The van der Waals surface area contributed by atoms with Gasteiger partial charge in [0.25, 0.3) is 11.5 Å². The van der Waals surface area contributed by atoms with Gasteiger partial charge in [0, 0.05) is 29.5 Å². The number of nitrogens with zero attached hydrogens (tertiary/aromatic N) is 3. The third-order valence-corrected chi connectivity index (χ3v) is 4.98. The van der Waals surface area contributed by atoms with Crippen molar-refractivity contribution < 1.29 is 31.8 Å². The molecular weight excluding hydrogens is 466 g/mol. The second kappa shape index (κ2) is 8.70. The number of fused-ring (bicyclic) bond motifs is 1. The van der Waals surface area contributed by atoms with E-state index in [1.54, 1.807) is 6.07 Å². The van der Waals surface area contributed by atoms with Crippen molar-refractivity contribution >= 4 is 17.2 Å². The van der Waals surface area contributed by atoms with E-state index in [4.69, 9.17) is 16.3 Å². The summed E-state index contributed by atoms with van der Waals surface area (Å²) >= 11 is 5.75. The van der Waals surface area contributed by atoms with Crippen LogP contribution in [0.2, 0.25) is 5.15 Å². The second-order valence-electron chi connectivity index (χ2n) is 7.05. The molecule has 0 amide bonds. The van der Waals surface area contributed by atoms with Crippen molar-refractivity contribution in [2.24, 2.45) is 0 Å². The summed E-state index contributed by atoms with van der Waals surface area (Å²) in [6.45, 7) is -1.65. The van der Waals surface area contributed by atoms with Gasteiger partial charge in [-0.1, -0.05) is 23.7 Å². The lowest BCUT2D eigenvalue weighted by atomic mass is 10.1. The van der Waals surface area contributed by atoms with Gasteiger partial charge in [0.15, 0.2) is 12.1 Å². The Kier molecular flexibility index (Phi) is 5.94. The van der Waals surface area contributed by atoms with Crippen LogP contribution in [0.15, 0.2) is 65.7 Å². The van der Waals surface area contributed by atoms with Gasteiger partial charge < -0.3 is 9.84 Å². The standard InChI is InChI=1S/C22H14ClF4N3O3/c23-17-7-4-13(10-28-17)11-33-16-9-14(24)5-6-15(16)19-20(31)29-8-2-1-3-18(29)30(21(19)32)12-22(25,26)27/h1-10H,11-12H2/p+1. The Balaban J connectivity index is 1.88. The van der Waals surface area contributed by atoms with E-state index in [0.717, 1.165) is 22.6 Å². The van der Waals surface area contributed by atoms with Gasteiger partial charge in [-0.2, -0.15) is 22.1 Å². The van der Waals surface area contributed by atoms with E-state index >= 15 is 0 Å². The first-order valence-corrected chi connectivity index (χ1v) is 9.88. The summed E-state index contributed by atoms with van der Waals surface area (Å²) in [4.78, 5) is 17.1. The summed E-state index contributed by atoms with van der Waals surface area (Å²) in [7, 11) is 0. The first-order valence-electron chi connectivity index (χ1n) is 9.50. The topological polar surface area (TPSA) is 68.4 Å². The van der Waals surface area contributed by atoms with Crippen LogP contribution in [0.5, 0.6) is 11.6 Å². The minimum absolute atomic E-state index is 0.0741. The molecule has 170 valence electrons. The lowest BCUT2D eigenvalue weighted by Gasteiger charge is -2.14. The van der Waals surface area contributed by atoms with E-state index in [0.29, 0.717) is 10.1 Å². The molecule has 0 radical (unpaired) electrons. The highest BCUT2D eigenvalue weighted by molar-refractivity contribution is 6.29. The third-order valence-electron chi connectivity index (χ3n) is 4.76. The number of halogens is 5. The summed E-state index contributed by atoms with van der Waals surface area (Å²) in [6.07, 6.45) is -1.98. The molecule has 0 fully saturated rings. The molecule has 3 aromatic heterocycles. The van der Waals surface area contributed by atoms with Gasteiger partial charge >= 0.3 is 11.7 Å². The largest absolute Gasteiger partial charge is 0.488 e. The Labute approximate surface area is 188 Å². The van der Waals surface area contributed by atoms with Crippen LogP contribution in [0, 0.1) is 5.82 Å². The van der Waals surface area contributed by atoms with Gasteiger partial charge in [0.05, 0.1) is 6.20 Å². The number of benzene rings is 1. The van der Waals surface area contributed by atoms with Gasteiger partial charge in [0.2, 0.25) is 0 Å². The van der Waals surface area contributed by atoms with E-state index < -0.39 is 35.5 Å². The number of alkyl halides is 3. The molecule has 0 bridgehead atoms. The van der Waals surface area contributed by atoms with Crippen molar-refractivity contribution in [3.05, 3.63) is 87.8 Å². The molecular formula is C22H15ClF4N3O3+. The van der Waals surface area contributed by atoms with Crippen LogP contribution in [0.4, 0.5) is 17.6 Å². The molecule has 0 atom stereocenters. The molecule has 3 heterocycles. The number of aromatic nitrogens is 3. The van der Waals surface area contributed by atoms with E-state index in [-0.39, 0.29) is 28.7 Å². The zero-order chi connectivity index (χ0) is 23.8. The zero-order valence-corrected chi connectivity index (χ0v) is 17.4. The van der Waals surface area contributed by atoms with Gasteiger partial charge in [-0.3, -0.25) is 0 Å². The van der Waals surface area contributed by atoms with Crippen molar-refractivity contribution in [3.63, 3.8) is 0 Å². The quantitative estimate of drug-likeness (QED) is 0.263. The van der Waals surface area contributed by atoms with E-state index in [1.165, 1.54) is 36.7 Å². The maximum Gasteiger partial charge on any atom is 0.426 e. The number of rotatable bonds is 5. The predicted molar refractivity (Wildman–Crippen MR) is 111 cm³/mol. The summed E-state index contributed by atoms with van der Waals surface area (Å²) in [5.74, 6) is -1.77. The Morgan fingerprint density at radius 1 is 1.15 bits per heavy atom. The lowest BCUT2D eigenvalue weighted by Crippen LogP contribution is -2.44. The molecule has 4 aromatic rings. The molecule has 33 heavy (non-hydrogen) atoms. The smallest absolute Gasteiger partial charge is 0.426 e. The van der Waals surface area contributed by atoms with Crippen molar-refractivity contribution in [1.82, 2.24) is 9.55 Å². The van der Waals surface area contributed by atoms with E-state index in [2.05, 4.69) is 4.98 Å². The number of hydrogen-bond acceptors (Lipinski definition) is 4. The summed E-state index contributed by atoms with van der Waals surface area (Å²) in [5, 5.41) is 11.0. The van der Waals surface area contributed by atoms with Crippen LogP contribution in [0.1, 0.15) is 5.56 Å². The van der Waals surface area contributed by atoms with Crippen molar-refractivity contribution in [2.75, 3.05) is 0 Å². The first-order chi connectivity index (χ1) is 15.6. The van der Waals surface area contributed by atoms with E-state index in [1.807, 2.05) is 0 Å². The van der Waals surface area contributed by atoms with Crippen LogP contribution in [0.25, 0.3) is 16.8 Å². The lowest BCUT2D eigenvalue weighted by molar-refractivity contribution is -0.532. The average molecular weight is 481 g/mol. The van der Waals surface area contributed by atoms with Gasteiger partial charge in [-0.25, -0.2) is 14.2 Å². The molecule has 0 aliphatic rings. The fourth-order valence-electron chi connectivity index (χ4n) is 3.33. The maximum atomic E-state index is 14.0. The Morgan fingerprint density at radius 3 is 2.64 bits per heavy atom. The minimum Gasteiger partial charge on any atom is -0.488 e. The molecule has 0 saturated heterocycles. The highest BCUT2D eigenvalue weighted by Crippen LogP contribution is 2.35. The van der Waals surface area contributed by atoms with Crippen molar-refractivity contribution in [2.45, 2.75) is 19.3 Å². The number of hydrogen-bond donors (Lipinski definition) is 1. The SMILES string of the molecule is O=c1c(-c2ccc(F)cc2OCc2ccc(Cl)nc2)c(O)n(CC(F)(F)F)c2cccc[n+]12. The third kappa shape index (κ3) is 4.75. The zero-order valence-electron chi connectivity index (χ0n) is 16.7. The number of pyridine rings is 2. The molecule has 0 aliphatic heterocycles. The van der Waals surface area contributed by atoms with E-state index in [9.17, 15) is 27.5 Å². The molecule has 4 rings (SSSR count). The normalized spacial score (nSPS) is 11.7. The molecule has 11 heteroatoms. The van der Waals surface area contributed by atoms with Gasteiger partial charge in [-0.15, -0.1) is 0 Å². The molecule has 0 spiro atoms. The van der Waals surface area contributed by atoms with Crippen LogP contribution in [0.3, 0.4) is 0 Å². The Morgan fingerprint density at radius 2 is 1.94 bits per heavy atom. The van der Waals surface area contributed by atoms with Crippen LogP contribution in [-0.2, 0) is 13.2 Å². The maximum absolute atomic E-state index is 14.0. The van der Waals surface area contributed by atoms with Crippen LogP contribution in [-0.4, -0.2) is 20.8 Å². The van der Waals surface area contributed by atoms with Crippen LogP contribution >= 0.6 is 11.6 Å². The highest BCUT2D eigenvalue weighted by Gasteiger charge is 2.36. The Hall–Kier alpha value is -3.66. The van der Waals surface area contributed by atoms with Crippen LogP contribution < -0.4 is 14.7 Å².